The molecular weight excluding hydrogens is 456 g/mol. The van der Waals surface area contributed by atoms with E-state index >= 15 is 0 Å². The fourth-order valence-corrected chi connectivity index (χ4v) is 4.52. The molecule has 2 aliphatic rings. The lowest BCUT2D eigenvalue weighted by Gasteiger charge is -2.34. The molecule has 0 saturated carbocycles. The molecule has 2 N–H and O–H groups in total. The average molecular weight is 489 g/mol. The minimum Gasteiger partial charge on any atom is -0.488 e. The quantitative estimate of drug-likeness (QED) is 0.474. The number of nitrogens with zero attached hydrogens (tertiary/aromatic N) is 2. The Balaban J connectivity index is 1.04. The third-order valence-electron chi connectivity index (χ3n) is 6.55. The minimum atomic E-state index is -0.0928. The van der Waals surface area contributed by atoms with E-state index in [-0.39, 0.29) is 18.8 Å². The summed E-state index contributed by atoms with van der Waals surface area (Å²) in [7, 11) is 0. The van der Waals surface area contributed by atoms with Crippen LogP contribution in [0, 0.1) is 0 Å². The number of ether oxygens (including phenoxy) is 3. The van der Waals surface area contributed by atoms with Gasteiger partial charge in [-0.15, -0.1) is 0 Å². The van der Waals surface area contributed by atoms with Crippen molar-refractivity contribution < 1.29 is 19.0 Å². The zero-order valence-corrected chi connectivity index (χ0v) is 20.5. The lowest BCUT2D eigenvalue weighted by atomic mass is 10.0. The summed E-state index contributed by atoms with van der Waals surface area (Å²) in [6.45, 7) is 5.50. The first kappa shape index (κ1) is 23.9. The van der Waals surface area contributed by atoms with Crippen molar-refractivity contribution in [1.82, 2.24) is 15.6 Å². The van der Waals surface area contributed by atoms with Gasteiger partial charge in [-0.25, -0.2) is 0 Å². The summed E-state index contributed by atoms with van der Waals surface area (Å²) in [5.41, 5.74) is 2.77. The molecule has 0 radical (unpaired) electrons. The molecule has 1 saturated heterocycles. The van der Waals surface area contributed by atoms with Gasteiger partial charge in [0.25, 0.3) is 5.91 Å². The average Bonchev–Trinajstić information content (AvgIpc) is 3.40. The van der Waals surface area contributed by atoms with E-state index < -0.39 is 0 Å². The number of aromatic nitrogens is 1. The molecular formula is C28H32N4O4. The van der Waals surface area contributed by atoms with Gasteiger partial charge in [0.1, 0.15) is 11.9 Å². The van der Waals surface area contributed by atoms with Crippen LogP contribution >= 0.6 is 0 Å². The second kappa shape index (κ2) is 11.3. The summed E-state index contributed by atoms with van der Waals surface area (Å²) in [6.07, 6.45) is 5.70. The highest BCUT2D eigenvalue weighted by molar-refractivity contribution is 5.94. The molecule has 36 heavy (non-hydrogen) atoms. The standard InChI is InChI=1S/C28H32N4O4/c1-20(36-25-3-2-12-29-18-25)16-30-23-10-13-32(14-11-23)24-7-5-22(6-8-24)28(33)31-17-21-4-9-26-27(15-21)35-19-34-26/h2-9,12,15,18,20,23,30H,10-11,13-14,16-17,19H2,1H3,(H,31,33)/t20-/m0/s1. The third-order valence-corrected chi connectivity index (χ3v) is 6.55. The molecule has 0 unspecified atom stereocenters. The predicted molar refractivity (Wildman–Crippen MR) is 138 cm³/mol. The SMILES string of the molecule is C[C@@H](CNC1CCN(c2ccc(C(=O)NCc3ccc4c(c3)OCO4)cc2)CC1)Oc1cccnc1. The molecule has 0 spiro atoms. The van der Waals surface area contributed by atoms with Crippen LogP contribution in [0.1, 0.15) is 35.7 Å². The number of fused-ring (bicyclic) bond motifs is 1. The fourth-order valence-electron chi connectivity index (χ4n) is 4.52. The van der Waals surface area contributed by atoms with Crippen LogP contribution in [0.5, 0.6) is 17.2 Å². The van der Waals surface area contributed by atoms with E-state index in [9.17, 15) is 4.79 Å². The van der Waals surface area contributed by atoms with Gasteiger partial charge in [0.05, 0.1) is 6.20 Å². The van der Waals surface area contributed by atoms with E-state index in [0.717, 1.165) is 61.0 Å². The molecule has 188 valence electrons. The Morgan fingerprint density at radius 2 is 1.92 bits per heavy atom. The van der Waals surface area contributed by atoms with Crippen LogP contribution < -0.4 is 29.7 Å². The van der Waals surface area contributed by atoms with Crippen molar-refractivity contribution >= 4 is 11.6 Å². The summed E-state index contributed by atoms with van der Waals surface area (Å²) in [4.78, 5) is 19.1. The zero-order chi connectivity index (χ0) is 24.7. The summed E-state index contributed by atoms with van der Waals surface area (Å²) in [6, 6.07) is 17.8. The number of benzene rings is 2. The highest BCUT2D eigenvalue weighted by atomic mass is 16.7. The number of anilines is 1. The first-order chi connectivity index (χ1) is 17.6. The molecule has 3 aromatic rings. The number of piperidine rings is 1. The topological polar surface area (TPSA) is 85.0 Å². The van der Waals surface area contributed by atoms with E-state index in [1.54, 1.807) is 12.4 Å². The molecule has 8 nitrogen and oxygen atoms in total. The second-order valence-electron chi connectivity index (χ2n) is 9.20. The van der Waals surface area contributed by atoms with Crippen molar-refractivity contribution in [2.45, 2.75) is 38.5 Å². The van der Waals surface area contributed by atoms with Crippen molar-refractivity contribution in [3.05, 3.63) is 78.1 Å². The van der Waals surface area contributed by atoms with Crippen molar-refractivity contribution in [1.29, 1.82) is 0 Å². The highest BCUT2D eigenvalue weighted by Gasteiger charge is 2.20. The maximum atomic E-state index is 12.6. The van der Waals surface area contributed by atoms with Crippen molar-refractivity contribution in [2.75, 3.05) is 31.3 Å². The van der Waals surface area contributed by atoms with Crippen LogP contribution in [0.3, 0.4) is 0 Å². The van der Waals surface area contributed by atoms with E-state index in [1.165, 1.54) is 0 Å². The lowest BCUT2D eigenvalue weighted by molar-refractivity contribution is 0.0951. The van der Waals surface area contributed by atoms with Crippen LogP contribution in [0.15, 0.2) is 67.0 Å². The first-order valence-corrected chi connectivity index (χ1v) is 12.5. The van der Waals surface area contributed by atoms with Crippen LogP contribution in [0.4, 0.5) is 5.69 Å². The Kier molecular flexibility index (Phi) is 7.52. The number of carbonyl (C=O) groups is 1. The number of carbonyl (C=O) groups excluding carboxylic acids is 1. The van der Waals surface area contributed by atoms with Gasteiger partial charge in [-0.1, -0.05) is 6.07 Å². The van der Waals surface area contributed by atoms with Crippen molar-refractivity contribution in [3.63, 3.8) is 0 Å². The molecule has 1 amide bonds. The molecule has 3 heterocycles. The highest BCUT2D eigenvalue weighted by Crippen LogP contribution is 2.32. The van der Waals surface area contributed by atoms with Crippen LogP contribution in [0.2, 0.25) is 0 Å². The molecule has 0 aliphatic carbocycles. The zero-order valence-electron chi connectivity index (χ0n) is 20.5. The summed E-state index contributed by atoms with van der Waals surface area (Å²) >= 11 is 0. The van der Waals surface area contributed by atoms with Gasteiger partial charge in [-0.3, -0.25) is 9.78 Å². The Labute approximate surface area is 211 Å². The smallest absolute Gasteiger partial charge is 0.251 e. The number of nitrogens with one attached hydrogen (secondary N) is 2. The van der Waals surface area contributed by atoms with Gasteiger partial charge in [-0.05, 0) is 73.9 Å². The Hall–Kier alpha value is -3.78. The summed E-state index contributed by atoms with van der Waals surface area (Å²) in [5, 5.41) is 6.62. The van der Waals surface area contributed by atoms with Gasteiger partial charge in [0.2, 0.25) is 6.79 Å². The Bertz CT molecular complexity index is 1150. The Morgan fingerprint density at radius 3 is 2.69 bits per heavy atom. The number of amides is 1. The largest absolute Gasteiger partial charge is 0.488 e. The van der Waals surface area contributed by atoms with Gasteiger partial charge in [0, 0.05) is 49.7 Å². The minimum absolute atomic E-state index is 0.0796. The maximum absolute atomic E-state index is 12.6. The second-order valence-corrected chi connectivity index (χ2v) is 9.20. The molecule has 0 bridgehead atoms. The van der Waals surface area contributed by atoms with Gasteiger partial charge in [0.15, 0.2) is 11.5 Å². The number of rotatable bonds is 9. The molecule has 2 aromatic carbocycles. The molecule has 8 heteroatoms. The Morgan fingerprint density at radius 1 is 1.11 bits per heavy atom. The monoisotopic (exact) mass is 488 g/mol. The van der Waals surface area contributed by atoms with E-state index in [1.807, 2.05) is 54.6 Å². The molecule has 1 atom stereocenters. The maximum Gasteiger partial charge on any atom is 0.251 e. The number of pyridine rings is 1. The van der Waals surface area contributed by atoms with Gasteiger partial charge in [-0.2, -0.15) is 0 Å². The van der Waals surface area contributed by atoms with Crippen LogP contribution in [0.25, 0.3) is 0 Å². The number of hydrogen-bond acceptors (Lipinski definition) is 7. The van der Waals surface area contributed by atoms with Crippen LogP contribution in [-0.4, -0.2) is 49.5 Å². The third kappa shape index (κ3) is 6.07. The van der Waals surface area contributed by atoms with Gasteiger partial charge >= 0.3 is 0 Å². The summed E-state index contributed by atoms with van der Waals surface area (Å²) in [5.74, 6) is 2.17. The predicted octanol–water partition coefficient (Wildman–Crippen LogP) is 3.77. The number of hydrogen-bond donors (Lipinski definition) is 2. The van der Waals surface area contributed by atoms with Crippen LogP contribution in [-0.2, 0) is 6.54 Å². The van der Waals surface area contributed by atoms with E-state index in [2.05, 4.69) is 27.4 Å². The molecule has 2 aliphatic heterocycles. The molecule has 1 fully saturated rings. The van der Waals surface area contributed by atoms with Gasteiger partial charge < -0.3 is 29.7 Å². The fraction of sp³-hybridized carbons (Fsp3) is 0.357. The van der Waals surface area contributed by atoms with Crippen molar-refractivity contribution in [3.8, 4) is 17.2 Å². The normalized spacial score (nSPS) is 16.0. The first-order valence-electron chi connectivity index (χ1n) is 12.5. The molecule has 5 rings (SSSR count). The summed E-state index contributed by atoms with van der Waals surface area (Å²) < 4.78 is 16.6. The molecule has 1 aromatic heterocycles. The lowest BCUT2D eigenvalue weighted by Crippen LogP contribution is -2.45. The van der Waals surface area contributed by atoms with Crippen molar-refractivity contribution in [2.24, 2.45) is 0 Å². The van der Waals surface area contributed by atoms with E-state index in [0.29, 0.717) is 18.2 Å². The van der Waals surface area contributed by atoms with E-state index in [4.69, 9.17) is 14.2 Å².